The van der Waals surface area contributed by atoms with E-state index < -0.39 is 23.6 Å². The van der Waals surface area contributed by atoms with Crippen LogP contribution < -0.4 is 0 Å². The van der Waals surface area contributed by atoms with Crippen molar-refractivity contribution in [1.29, 1.82) is 0 Å². The van der Waals surface area contributed by atoms with E-state index in [1.165, 1.54) is 0 Å². The average Bonchev–Trinajstić information content (AvgIpc) is 2.63. The molecule has 0 spiro atoms. The SMILES string of the molecule is CCOC(=O)C(=O)C(N=Nc1ccccc1)C(=O)c1ccccc1. The Bertz CT molecular complexity index is 742. The Balaban J connectivity index is 2.31. The Kier molecular flexibility index (Phi) is 6.08. The van der Waals surface area contributed by atoms with Gasteiger partial charge in [0.1, 0.15) is 0 Å². The molecule has 6 heteroatoms. The molecule has 1 atom stereocenters. The molecule has 2 rings (SSSR count). The van der Waals surface area contributed by atoms with Crippen LogP contribution in [-0.4, -0.2) is 30.2 Å². The number of hydrogen-bond donors (Lipinski definition) is 0. The van der Waals surface area contributed by atoms with Crippen molar-refractivity contribution in [3.63, 3.8) is 0 Å². The summed E-state index contributed by atoms with van der Waals surface area (Å²) in [5.74, 6) is -2.74. The second-order valence-electron chi connectivity index (χ2n) is 4.77. The van der Waals surface area contributed by atoms with E-state index in [1.54, 1.807) is 67.6 Å². The number of ether oxygens (including phenoxy) is 1. The van der Waals surface area contributed by atoms with Crippen molar-refractivity contribution < 1.29 is 19.1 Å². The molecule has 24 heavy (non-hydrogen) atoms. The summed E-state index contributed by atoms with van der Waals surface area (Å²) in [7, 11) is 0. The molecule has 1 unspecified atom stereocenters. The van der Waals surface area contributed by atoms with Gasteiger partial charge in [-0.3, -0.25) is 9.59 Å². The van der Waals surface area contributed by atoms with Gasteiger partial charge in [-0.15, -0.1) is 0 Å². The number of hydrogen-bond acceptors (Lipinski definition) is 6. The van der Waals surface area contributed by atoms with Crippen molar-refractivity contribution in [2.75, 3.05) is 6.61 Å². The van der Waals surface area contributed by atoms with Crippen molar-refractivity contribution >= 4 is 23.2 Å². The normalized spacial score (nSPS) is 11.9. The summed E-state index contributed by atoms with van der Waals surface area (Å²) in [5, 5.41) is 7.69. The summed E-state index contributed by atoms with van der Waals surface area (Å²) in [6.07, 6.45) is 0. The maximum atomic E-state index is 12.5. The van der Waals surface area contributed by atoms with E-state index in [1.807, 2.05) is 0 Å². The molecule has 6 nitrogen and oxygen atoms in total. The molecule has 2 aromatic rings. The van der Waals surface area contributed by atoms with Crippen LogP contribution in [0, 0.1) is 0 Å². The topological polar surface area (TPSA) is 85.2 Å². The second kappa shape index (κ2) is 8.47. The smallest absolute Gasteiger partial charge is 0.377 e. The highest BCUT2D eigenvalue weighted by Gasteiger charge is 2.33. The summed E-state index contributed by atoms with van der Waals surface area (Å²) in [4.78, 5) is 36.5. The van der Waals surface area contributed by atoms with Crippen molar-refractivity contribution in [3.8, 4) is 0 Å². The van der Waals surface area contributed by atoms with E-state index >= 15 is 0 Å². The number of rotatable bonds is 7. The highest BCUT2D eigenvalue weighted by Crippen LogP contribution is 2.14. The van der Waals surface area contributed by atoms with Crippen LogP contribution in [0.25, 0.3) is 0 Å². The highest BCUT2D eigenvalue weighted by atomic mass is 16.5. The number of esters is 1. The molecule has 0 fully saturated rings. The Hall–Kier alpha value is -3.15. The first-order chi connectivity index (χ1) is 11.6. The molecule has 0 aliphatic heterocycles. The lowest BCUT2D eigenvalue weighted by atomic mass is 10.0. The summed E-state index contributed by atoms with van der Waals surface area (Å²) < 4.78 is 4.68. The lowest BCUT2D eigenvalue weighted by Gasteiger charge is -2.09. The van der Waals surface area contributed by atoms with Crippen LogP contribution in [0.1, 0.15) is 17.3 Å². The Morgan fingerprint density at radius 2 is 1.54 bits per heavy atom. The summed E-state index contributed by atoms with van der Waals surface area (Å²) in [6.45, 7) is 1.61. The summed E-state index contributed by atoms with van der Waals surface area (Å²) >= 11 is 0. The standard InChI is InChI=1S/C18H16N2O4/c1-2-24-18(23)17(22)15(16(21)13-9-5-3-6-10-13)20-19-14-11-7-4-8-12-14/h3-12,15H,2H2,1H3. The maximum absolute atomic E-state index is 12.5. The van der Waals surface area contributed by atoms with Crippen LogP contribution in [0.2, 0.25) is 0 Å². The number of carbonyl (C=O) groups is 3. The number of ketones is 2. The molecule has 0 aromatic heterocycles. The minimum Gasteiger partial charge on any atom is -0.460 e. The van der Waals surface area contributed by atoms with Gasteiger partial charge >= 0.3 is 5.97 Å². The van der Waals surface area contributed by atoms with Gasteiger partial charge in [-0.05, 0) is 19.1 Å². The first-order valence-electron chi connectivity index (χ1n) is 7.39. The largest absolute Gasteiger partial charge is 0.460 e. The number of benzene rings is 2. The quantitative estimate of drug-likeness (QED) is 0.257. The first kappa shape index (κ1) is 17.2. The van der Waals surface area contributed by atoms with E-state index in [4.69, 9.17) is 0 Å². The zero-order valence-electron chi connectivity index (χ0n) is 13.1. The van der Waals surface area contributed by atoms with Crippen molar-refractivity contribution in [2.45, 2.75) is 13.0 Å². The predicted octanol–water partition coefficient (Wildman–Crippen LogP) is 3.15. The second-order valence-corrected chi connectivity index (χ2v) is 4.77. The molecule has 0 amide bonds. The third-order valence-corrected chi connectivity index (χ3v) is 3.08. The van der Waals surface area contributed by atoms with E-state index in [9.17, 15) is 14.4 Å². The first-order valence-corrected chi connectivity index (χ1v) is 7.39. The van der Waals surface area contributed by atoms with Gasteiger partial charge in [0, 0.05) is 5.56 Å². The number of azo groups is 1. The fraction of sp³-hybridized carbons (Fsp3) is 0.167. The van der Waals surface area contributed by atoms with Gasteiger partial charge in [-0.2, -0.15) is 10.2 Å². The van der Waals surface area contributed by atoms with Crippen LogP contribution in [0.5, 0.6) is 0 Å². The molecule has 0 N–H and O–H groups in total. The molecule has 0 aliphatic carbocycles. The van der Waals surface area contributed by atoms with Crippen LogP contribution in [-0.2, 0) is 14.3 Å². The highest BCUT2D eigenvalue weighted by molar-refractivity contribution is 6.41. The van der Waals surface area contributed by atoms with Crippen molar-refractivity contribution in [2.24, 2.45) is 10.2 Å². The molecule has 2 aromatic carbocycles. The Labute approximate surface area is 139 Å². The fourth-order valence-corrected chi connectivity index (χ4v) is 1.92. The number of Topliss-reactive ketones (excluding diaryl/α,β-unsaturated/α-hetero) is 2. The molecule has 0 saturated carbocycles. The van der Waals surface area contributed by atoms with Gasteiger partial charge < -0.3 is 4.74 Å². The van der Waals surface area contributed by atoms with Crippen molar-refractivity contribution in [1.82, 2.24) is 0 Å². The lowest BCUT2D eigenvalue weighted by molar-refractivity contribution is -0.153. The molecule has 0 heterocycles. The third-order valence-electron chi connectivity index (χ3n) is 3.08. The molecular weight excluding hydrogens is 308 g/mol. The molecule has 122 valence electrons. The van der Waals surface area contributed by atoms with Gasteiger partial charge in [0.2, 0.25) is 6.04 Å². The lowest BCUT2D eigenvalue weighted by Crippen LogP contribution is -2.35. The molecular formula is C18H16N2O4. The predicted molar refractivity (Wildman–Crippen MR) is 87.2 cm³/mol. The minimum absolute atomic E-state index is 0.0344. The van der Waals surface area contributed by atoms with Gasteiger partial charge in [0.05, 0.1) is 12.3 Å². The van der Waals surface area contributed by atoms with Gasteiger partial charge in [-0.1, -0.05) is 48.5 Å². The number of carbonyl (C=O) groups excluding carboxylic acids is 3. The van der Waals surface area contributed by atoms with Gasteiger partial charge in [0.25, 0.3) is 5.78 Å². The van der Waals surface area contributed by atoms with E-state index in [0.717, 1.165) is 0 Å². The van der Waals surface area contributed by atoms with E-state index in [-0.39, 0.29) is 12.2 Å². The minimum atomic E-state index is -1.56. The zero-order valence-corrected chi connectivity index (χ0v) is 13.1. The third kappa shape index (κ3) is 4.42. The van der Waals surface area contributed by atoms with Crippen LogP contribution in [0.3, 0.4) is 0 Å². The summed E-state index contributed by atoms with van der Waals surface area (Å²) in [5.41, 5.74) is 0.743. The van der Waals surface area contributed by atoms with Gasteiger partial charge in [0.15, 0.2) is 5.78 Å². The Morgan fingerprint density at radius 3 is 2.12 bits per heavy atom. The number of nitrogens with zero attached hydrogens (tertiary/aromatic N) is 2. The fourth-order valence-electron chi connectivity index (χ4n) is 1.92. The van der Waals surface area contributed by atoms with E-state index in [0.29, 0.717) is 5.69 Å². The average molecular weight is 324 g/mol. The molecule has 0 bridgehead atoms. The van der Waals surface area contributed by atoms with Crippen molar-refractivity contribution in [3.05, 3.63) is 66.2 Å². The molecule has 0 saturated heterocycles. The van der Waals surface area contributed by atoms with Crippen LogP contribution in [0.15, 0.2) is 70.9 Å². The maximum Gasteiger partial charge on any atom is 0.377 e. The molecule has 0 radical (unpaired) electrons. The molecule has 0 aliphatic rings. The van der Waals surface area contributed by atoms with Crippen LogP contribution >= 0.6 is 0 Å². The Morgan fingerprint density at radius 1 is 0.958 bits per heavy atom. The van der Waals surface area contributed by atoms with Crippen LogP contribution in [0.4, 0.5) is 5.69 Å². The summed E-state index contributed by atoms with van der Waals surface area (Å²) in [6, 6.07) is 15.2. The van der Waals surface area contributed by atoms with E-state index in [2.05, 4.69) is 15.0 Å². The van der Waals surface area contributed by atoms with Gasteiger partial charge in [-0.25, -0.2) is 4.79 Å². The monoisotopic (exact) mass is 324 g/mol. The zero-order chi connectivity index (χ0) is 17.4.